The Bertz CT molecular complexity index is 196. The van der Waals surface area contributed by atoms with Gasteiger partial charge in [0.2, 0.25) is 0 Å². The first-order valence-corrected chi connectivity index (χ1v) is 4.37. The van der Waals surface area contributed by atoms with E-state index in [1.165, 1.54) is 0 Å². The molecule has 6 heteroatoms. The Morgan fingerprint density at radius 1 is 1.21 bits per heavy atom. The molecule has 1 unspecified atom stereocenters. The van der Waals surface area contributed by atoms with Gasteiger partial charge in [0.25, 0.3) is 0 Å². The molecule has 14 heavy (non-hydrogen) atoms. The summed E-state index contributed by atoms with van der Waals surface area (Å²) in [6.07, 6.45) is -0.0800. The molecule has 0 heterocycles. The van der Waals surface area contributed by atoms with Gasteiger partial charge in [-0.2, -0.15) is 0 Å². The third-order valence-electron chi connectivity index (χ3n) is 1.60. The molecule has 0 aromatic heterocycles. The number of amides is 2. The molecule has 4 N–H and O–H groups in total. The molecule has 0 saturated carbocycles. The molecule has 6 nitrogen and oxygen atoms in total. The zero-order valence-electron chi connectivity index (χ0n) is 8.19. The molecule has 0 aliphatic heterocycles. The summed E-state index contributed by atoms with van der Waals surface area (Å²) in [7, 11) is 0. The largest absolute Gasteiger partial charge is 0.450 e. The van der Waals surface area contributed by atoms with Gasteiger partial charge in [-0.3, -0.25) is 0 Å². The fourth-order valence-electron chi connectivity index (χ4n) is 0.912. The summed E-state index contributed by atoms with van der Waals surface area (Å²) in [4.78, 5) is 20.4. The van der Waals surface area contributed by atoms with Crippen LogP contribution in [0, 0.1) is 5.92 Å². The van der Waals surface area contributed by atoms with Gasteiger partial charge < -0.3 is 20.9 Å². The van der Waals surface area contributed by atoms with Crippen molar-refractivity contribution in [3.8, 4) is 0 Å². The molecule has 0 rings (SSSR count). The summed E-state index contributed by atoms with van der Waals surface area (Å²) in [5, 5.41) is 0. The Morgan fingerprint density at radius 2 is 1.79 bits per heavy atom. The lowest BCUT2D eigenvalue weighted by Gasteiger charge is -2.10. The zero-order valence-corrected chi connectivity index (χ0v) is 8.19. The first-order chi connectivity index (χ1) is 6.52. The minimum absolute atomic E-state index is 0.193. The van der Waals surface area contributed by atoms with Gasteiger partial charge in [-0.25, -0.2) is 9.59 Å². The predicted octanol–water partition coefficient (Wildman–Crippen LogP) is 0.593. The van der Waals surface area contributed by atoms with Crippen molar-refractivity contribution >= 4 is 12.2 Å². The highest BCUT2D eigenvalue weighted by atomic mass is 16.5. The van der Waals surface area contributed by atoms with Crippen molar-refractivity contribution in [1.82, 2.24) is 0 Å². The number of ether oxygens (including phenoxy) is 2. The highest BCUT2D eigenvalue weighted by Crippen LogP contribution is 2.05. The van der Waals surface area contributed by atoms with Crippen LogP contribution in [-0.4, -0.2) is 25.4 Å². The molecule has 0 aliphatic carbocycles. The molecule has 0 bridgehead atoms. The van der Waals surface area contributed by atoms with Crippen LogP contribution >= 0.6 is 0 Å². The lowest BCUT2D eigenvalue weighted by molar-refractivity contribution is 0.130. The van der Waals surface area contributed by atoms with E-state index >= 15 is 0 Å². The van der Waals surface area contributed by atoms with Crippen molar-refractivity contribution in [2.24, 2.45) is 17.4 Å². The molecule has 0 radical (unpaired) electrons. The number of carbonyl (C=O) groups is 2. The van der Waals surface area contributed by atoms with E-state index in [-0.39, 0.29) is 19.1 Å². The SMILES string of the molecule is CC(CCCOC(N)=O)COC(N)=O. The summed E-state index contributed by atoms with van der Waals surface area (Å²) in [5.41, 5.74) is 9.55. The van der Waals surface area contributed by atoms with Crippen LogP contribution in [0.4, 0.5) is 9.59 Å². The number of rotatable bonds is 6. The van der Waals surface area contributed by atoms with Crippen LogP contribution in [0.1, 0.15) is 19.8 Å². The minimum Gasteiger partial charge on any atom is -0.450 e. The maximum Gasteiger partial charge on any atom is 0.404 e. The maximum absolute atomic E-state index is 10.2. The van der Waals surface area contributed by atoms with Crippen molar-refractivity contribution in [2.75, 3.05) is 13.2 Å². The molecule has 1 atom stereocenters. The van der Waals surface area contributed by atoms with Gasteiger partial charge in [0.1, 0.15) is 0 Å². The van der Waals surface area contributed by atoms with E-state index in [2.05, 4.69) is 9.47 Å². The van der Waals surface area contributed by atoms with Gasteiger partial charge in [-0.05, 0) is 18.8 Å². The van der Waals surface area contributed by atoms with Gasteiger partial charge >= 0.3 is 12.2 Å². The van der Waals surface area contributed by atoms with E-state index < -0.39 is 12.2 Å². The normalized spacial score (nSPS) is 11.8. The van der Waals surface area contributed by atoms with E-state index in [9.17, 15) is 9.59 Å². The zero-order chi connectivity index (χ0) is 11.0. The maximum atomic E-state index is 10.2. The number of hydrogen-bond donors (Lipinski definition) is 2. The van der Waals surface area contributed by atoms with Gasteiger partial charge in [0, 0.05) is 0 Å². The summed E-state index contributed by atoms with van der Waals surface area (Å²) >= 11 is 0. The van der Waals surface area contributed by atoms with Gasteiger partial charge in [-0.15, -0.1) is 0 Å². The second-order valence-electron chi connectivity index (χ2n) is 3.04. The summed E-state index contributed by atoms with van der Waals surface area (Å²) in [6.45, 7) is 2.48. The van der Waals surface area contributed by atoms with Crippen LogP contribution in [0.15, 0.2) is 0 Å². The monoisotopic (exact) mass is 204 g/mol. The van der Waals surface area contributed by atoms with Crippen molar-refractivity contribution in [3.63, 3.8) is 0 Å². The second-order valence-corrected chi connectivity index (χ2v) is 3.04. The highest BCUT2D eigenvalue weighted by Gasteiger charge is 2.04. The summed E-state index contributed by atoms with van der Waals surface area (Å²) in [5.74, 6) is 0.193. The lowest BCUT2D eigenvalue weighted by atomic mass is 10.1. The standard InChI is InChI=1S/C8H16N2O4/c1-6(5-14-8(10)12)3-2-4-13-7(9)11/h6H,2-5H2,1H3,(H2,9,11)(H2,10,12). The van der Waals surface area contributed by atoms with Crippen molar-refractivity contribution < 1.29 is 19.1 Å². The van der Waals surface area contributed by atoms with E-state index in [0.29, 0.717) is 6.42 Å². The van der Waals surface area contributed by atoms with Crippen LogP contribution < -0.4 is 11.5 Å². The molecule has 2 amide bonds. The fourth-order valence-corrected chi connectivity index (χ4v) is 0.912. The van der Waals surface area contributed by atoms with E-state index in [1.807, 2.05) is 6.92 Å². The first kappa shape index (κ1) is 12.5. The Hall–Kier alpha value is -1.46. The Kier molecular flexibility index (Phi) is 6.26. The number of primary amides is 2. The van der Waals surface area contributed by atoms with Crippen LogP contribution in [-0.2, 0) is 9.47 Å². The molecule has 0 aliphatic rings. The molecule has 82 valence electrons. The molecular weight excluding hydrogens is 188 g/mol. The topological polar surface area (TPSA) is 105 Å². The number of carbonyl (C=O) groups excluding carboxylic acids is 2. The van der Waals surface area contributed by atoms with E-state index in [4.69, 9.17) is 11.5 Å². The predicted molar refractivity (Wildman–Crippen MR) is 49.5 cm³/mol. The van der Waals surface area contributed by atoms with Gasteiger partial charge in [-0.1, -0.05) is 6.92 Å². The number of hydrogen-bond acceptors (Lipinski definition) is 4. The lowest BCUT2D eigenvalue weighted by Crippen LogP contribution is -2.18. The van der Waals surface area contributed by atoms with Crippen molar-refractivity contribution in [3.05, 3.63) is 0 Å². The third-order valence-corrected chi connectivity index (χ3v) is 1.60. The fraction of sp³-hybridized carbons (Fsp3) is 0.750. The van der Waals surface area contributed by atoms with Crippen LogP contribution in [0.3, 0.4) is 0 Å². The van der Waals surface area contributed by atoms with Crippen LogP contribution in [0.25, 0.3) is 0 Å². The average molecular weight is 204 g/mol. The first-order valence-electron chi connectivity index (χ1n) is 4.37. The van der Waals surface area contributed by atoms with Crippen molar-refractivity contribution in [2.45, 2.75) is 19.8 Å². The molecular formula is C8H16N2O4. The summed E-state index contributed by atoms with van der Waals surface area (Å²) in [6, 6.07) is 0. The third kappa shape index (κ3) is 8.63. The Balaban J connectivity index is 3.30. The molecule has 0 aromatic rings. The molecule has 0 saturated heterocycles. The quantitative estimate of drug-likeness (QED) is 0.618. The summed E-state index contributed by atoms with van der Waals surface area (Å²) < 4.78 is 9.11. The van der Waals surface area contributed by atoms with E-state index in [1.54, 1.807) is 0 Å². The van der Waals surface area contributed by atoms with Crippen LogP contribution in [0.5, 0.6) is 0 Å². The van der Waals surface area contributed by atoms with Gasteiger partial charge in [0.15, 0.2) is 0 Å². The smallest absolute Gasteiger partial charge is 0.404 e. The van der Waals surface area contributed by atoms with E-state index in [0.717, 1.165) is 6.42 Å². The minimum atomic E-state index is -0.773. The Morgan fingerprint density at radius 3 is 2.29 bits per heavy atom. The van der Waals surface area contributed by atoms with Gasteiger partial charge in [0.05, 0.1) is 13.2 Å². The molecule has 0 fully saturated rings. The number of nitrogens with two attached hydrogens (primary N) is 2. The molecule has 0 aromatic carbocycles. The van der Waals surface area contributed by atoms with Crippen molar-refractivity contribution in [1.29, 1.82) is 0 Å². The molecule has 0 spiro atoms. The van der Waals surface area contributed by atoms with Crippen LogP contribution in [0.2, 0.25) is 0 Å². The average Bonchev–Trinajstić information content (AvgIpc) is 2.08. The Labute approximate surface area is 82.5 Å². The highest BCUT2D eigenvalue weighted by molar-refractivity contribution is 5.64. The second kappa shape index (κ2) is 6.99.